The molecule has 6 atom stereocenters. The monoisotopic (exact) mass is 488 g/mol. The number of alkyl halides is 1. The van der Waals surface area contributed by atoms with Gasteiger partial charge in [-0.1, -0.05) is 39.7 Å². The summed E-state index contributed by atoms with van der Waals surface area (Å²) in [6, 6.07) is 13.6. The molecule has 2 N–H and O–H groups in total. The minimum absolute atomic E-state index is 0.0248. The molecule has 2 saturated carbocycles. The van der Waals surface area contributed by atoms with Crippen molar-refractivity contribution in [3.05, 3.63) is 59.1 Å². The lowest BCUT2D eigenvalue weighted by molar-refractivity contribution is -0.145. The van der Waals surface area contributed by atoms with Gasteiger partial charge in [0.25, 0.3) is 5.91 Å². The molecule has 1 heterocycles. The number of esters is 1. The van der Waals surface area contributed by atoms with Crippen LogP contribution in [0.5, 0.6) is 0 Å². The van der Waals surface area contributed by atoms with E-state index in [1.807, 2.05) is 0 Å². The predicted molar refractivity (Wildman–Crippen MR) is 116 cm³/mol. The van der Waals surface area contributed by atoms with Gasteiger partial charge >= 0.3 is 5.97 Å². The molecule has 0 aromatic heterocycles. The highest BCUT2D eigenvalue weighted by Crippen LogP contribution is 2.60. The third kappa shape index (κ3) is 3.11. The molecule has 154 valence electrons. The van der Waals surface area contributed by atoms with Gasteiger partial charge in [0.2, 0.25) is 5.91 Å². The number of carbonyl (C=O) groups excluding carboxylic acids is 3. The van der Waals surface area contributed by atoms with Crippen molar-refractivity contribution >= 4 is 56.7 Å². The molecule has 0 radical (unpaired) electrons. The lowest BCUT2D eigenvalue weighted by Crippen LogP contribution is -2.40. The molecule has 2 bridgehead atoms. The Kier molecular flexibility index (Phi) is 4.82. The third-order valence-corrected chi connectivity index (χ3v) is 7.89. The molecule has 2 aliphatic carbocycles. The first-order valence-corrected chi connectivity index (χ1v) is 11.0. The van der Waals surface area contributed by atoms with Gasteiger partial charge < -0.3 is 15.4 Å². The van der Waals surface area contributed by atoms with E-state index in [2.05, 4.69) is 26.6 Å². The maximum atomic E-state index is 12.9. The second kappa shape index (κ2) is 7.39. The maximum Gasteiger partial charge on any atom is 0.310 e. The Balaban J connectivity index is 1.26. The first kappa shape index (κ1) is 19.6. The molecule has 8 heteroatoms. The van der Waals surface area contributed by atoms with Crippen molar-refractivity contribution < 1.29 is 19.1 Å². The van der Waals surface area contributed by atoms with Gasteiger partial charge in [-0.2, -0.15) is 0 Å². The van der Waals surface area contributed by atoms with Crippen molar-refractivity contribution in [3.63, 3.8) is 0 Å². The van der Waals surface area contributed by atoms with Gasteiger partial charge in [-0.25, -0.2) is 0 Å². The Bertz CT molecular complexity index is 1040. The SMILES string of the molecule is O=C(Nc1ccccc1Cl)c1ccc(NC(=O)[C@@H]2[C@H]3C[C@H]4[C@H](OC(=O)[C@@H]42)[C@@H]3Br)cc1. The van der Waals surface area contributed by atoms with Crippen LogP contribution in [0.25, 0.3) is 0 Å². The lowest BCUT2D eigenvalue weighted by Gasteiger charge is -2.27. The number of carbonyl (C=O) groups is 3. The van der Waals surface area contributed by atoms with Crippen molar-refractivity contribution in [1.29, 1.82) is 0 Å². The normalized spacial score (nSPS) is 30.8. The molecule has 0 unspecified atom stereocenters. The molecule has 3 aliphatic rings. The summed E-state index contributed by atoms with van der Waals surface area (Å²) in [4.78, 5) is 37.6. The number of amides is 2. The molecule has 2 aromatic rings. The third-order valence-electron chi connectivity index (χ3n) is 6.36. The lowest BCUT2D eigenvalue weighted by atomic mass is 9.79. The summed E-state index contributed by atoms with van der Waals surface area (Å²) in [5.74, 6) is -1.27. The average Bonchev–Trinajstić information content (AvgIpc) is 3.34. The quantitative estimate of drug-likeness (QED) is 0.500. The molecule has 6 nitrogen and oxygen atoms in total. The summed E-state index contributed by atoms with van der Waals surface area (Å²) in [6.45, 7) is 0. The van der Waals surface area contributed by atoms with Gasteiger partial charge in [0.15, 0.2) is 0 Å². The highest BCUT2D eigenvalue weighted by Gasteiger charge is 2.67. The van der Waals surface area contributed by atoms with E-state index >= 15 is 0 Å². The van der Waals surface area contributed by atoms with E-state index in [1.165, 1.54) is 0 Å². The predicted octanol–water partition coefficient (Wildman–Crippen LogP) is 4.10. The van der Waals surface area contributed by atoms with E-state index in [9.17, 15) is 14.4 Å². The molecule has 30 heavy (non-hydrogen) atoms. The van der Waals surface area contributed by atoms with E-state index in [4.69, 9.17) is 16.3 Å². The smallest absolute Gasteiger partial charge is 0.310 e. The van der Waals surface area contributed by atoms with Crippen molar-refractivity contribution in [3.8, 4) is 0 Å². The number of nitrogens with one attached hydrogen (secondary N) is 2. The molecule has 3 fully saturated rings. The Morgan fingerprint density at radius 1 is 1.03 bits per heavy atom. The highest BCUT2D eigenvalue weighted by molar-refractivity contribution is 9.09. The fourth-order valence-corrected chi connectivity index (χ4v) is 6.25. The number of hydrogen-bond acceptors (Lipinski definition) is 4. The fourth-order valence-electron chi connectivity index (χ4n) is 5.02. The van der Waals surface area contributed by atoms with Crippen LogP contribution in [0, 0.1) is 23.7 Å². The number of halogens is 2. The number of benzene rings is 2. The second-order valence-electron chi connectivity index (χ2n) is 7.96. The Morgan fingerprint density at radius 3 is 2.50 bits per heavy atom. The van der Waals surface area contributed by atoms with Crippen LogP contribution in [-0.2, 0) is 14.3 Å². The van der Waals surface area contributed by atoms with Crippen LogP contribution in [-0.4, -0.2) is 28.7 Å². The summed E-state index contributed by atoms with van der Waals surface area (Å²) in [7, 11) is 0. The van der Waals surface area contributed by atoms with Crippen LogP contribution < -0.4 is 10.6 Å². The van der Waals surface area contributed by atoms with Crippen molar-refractivity contribution in [2.75, 3.05) is 10.6 Å². The minimum atomic E-state index is -0.395. The number of para-hydroxylation sites is 1. The van der Waals surface area contributed by atoms with Crippen molar-refractivity contribution in [2.45, 2.75) is 17.4 Å². The summed E-state index contributed by atoms with van der Waals surface area (Å²) >= 11 is 9.69. The van der Waals surface area contributed by atoms with Gasteiger partial charge in [-0.05, 0) is 48.7 Å². The van der Waals surface area contributed by atoms with Crippen LogP contribution in [0.3, 0.4) is 0 Å². The Labute approximate surface area is 186 Å². The Hall–Kier alpha value is -2.38. The highest BCUT2D eigenvalue weighted by atomic mass is 79.9. The van der Waals surface area contributed by atoms with E-state index in [0.717, 1.165) is 6.42 Å². The van der Waals surface area contributed by atoms with Crippen LogP contribution >= 0.6 is 27.5 Å². The van der Waals surface area contributed by atoms with Crippen LogP contribution in [0.15, 0.2) is 48.5 Å². The maximum absolute atomic E-state index is 12.9. The number of fused-ring (bicyclic) bond motifs is 1. The molecular formula is C22H18BrClN2O4. The van der Waals surface area contributed by atoms with Crippen LogP contribution in [0.1, 0.15) is 16.8 Å². The summed E-state index contributed by atoms with van der Waals surface area (Å²) in [6.07, 6.45) is 0.725. The molecule has 5 rings (SSSR count). The van der Waals surface area contributed by atoms with E-state index in [1.54, 1.807) is 48.5 Å². The molecule has 0 spiro atoms. The number of rotatable bonds is 4. The number of anilines is 2. The van der Waals surface area contributed by atoms with Gasteiger partial charge in [0, 0.05) is 17.2 Å². The molecular weight excluding hydrogens is 472 g/mol. The van der Waals surface area contributed by atoms with E-state index in [0.29, 0.717) is 22.0 Å². The Morgan fingerprint density at radius 2 is 1.77 bits per heavy atom. The summed E-state index contributed by atoms with van der Waals surface area (Å²) in [5.41, 5.74) is 1.55. The molecule has 1 aliphatic heterocycles. The first-order valence-electron chi connectivity index (χ1n) is 9.75. The molecule has 1 saturated heterocycles. The van der Waals surface area contributed by atoms with Gasteiger partial charge in [0.05, 0.1) is 27.4 Å². The zero-order valence-corrected chi connectivity index (χ0v) is 18.0. The van der Waals surface area contributed by atoms with Gasteiger partial charge in [-0.15, -0.1) is 0 Å². The van der Waals surface area contributed by atoms with Crippen molar-refractivity contribution in [2.24, 2.45) is 23.7 Å². The van der Waals surface area contributed by atoms with E-state index < -0.39 is 5.92 Å². The zero-order chi connectivity index (χ0) is 21.0. The van der Waals surface area contributed by atoms with E-state index in [-0.39, 0.29) is 46.5 Å². The molecule has 2 aromatic carbocycles. The summed E-state index contributed by atoms with van der Waals surface area (Å²) in [5, 5.41) is 6.12. The number of ether oxygens (including phenoxy) is 1. The largest absolute Gasteiger partial charge is 0.461 e. The number of hydrogen-bond donors (Lipinski definition) is 2. The summed E-state index contributed by atoms with van der Waals surface area (Å²) < 4.78 is 5.46. The minimum Gasteiger partial charge on any atom is -0.461 e. The standard InChI is InChI=1S/C22H18BrClN2O4/c23-18-12-9-13-17(22(29)30-19(13)18)16(12)21(28)25-11-7-5-10(6-8-11)20(27)26-15-4-2-1-3-14(15)24/h1-8,12-13,16-19H,9H2,(H,25,28)(H,26,27)/t12-,13-,16-,17+,18-,19+/m1/s1. The molecule has 2 amide bonds. The zero-order valence-electron chi connectivity index (χ0n) is 15.7. The second-order valence-corrected chi connectivity index (χ2v) is 9.43. The van der Waals surface area contributed by atoms with Gasteiger partial charge in [0.1, 0.15) is 6.10 Å². The average molecular weight is 490 g/mol. The van der Waals surface area contributed by atoms with Crippen LogP contribution in [0.4, 0.5) is 11.4 Å². The van der Waals surface area contributed by atoms with Gasteiger partial charge in [-0.3, -0.25) is 14.4 Å². The van der Waals surface area contributed by atoms with Crippen LogP contribution in [0.2, 0.25) is 5.02 Å². The fraction of sp³-hybridized carbons (Fsp3) is 0.318. The first-order chi connectivity index (χ1) is 14.4. The van der Waals surface area contributed by atoms with Crippen molar-refractivity contribution in [1.82, 2.24) is 0 Å². The topological polar surface area (TPSA) is 84.5 Å².